The second-order valence-corrected chi connectivity index (χ2v) is 6.29. The number of aromatic nitrogens is 1. The molecule has 0 aliphatic heterocycles. The van der Waals surface area contributed by atoms with Gasteiger partial charge in [0.25, 0.3) is 0 Å². The predicted molar refractivity (Wildman–Crippen MR) is 84.7 cm³/mol. The van der Waals surface area contributed by atoms with E-state index in [2.05, 4.69) is 12.1 Å². The van der Waals surface area contributed by atoms with E-state index in [-0.39, 0.29) is 0 Å². The van der Waals surface area contributed by atoms with Gasteiger partial charge in [-0.2, -0.15) is 0 Å². The molecule has 2 aromatic carbocycles. The number of halogens is 2. The average Bonchev–Trinajstić information content (AvgIpc) is 2.74. The number of para-hydroxylation sites is 1. The zero-order valence-electron chi connectivity index (χ0n) is 9.65. The first-order valence-electron chi connectivity index (χ1n) is 5.79. The lowest BCUT2D eigenvalue weighted by molar-refractivity contribution is 1.53. The van der Waals surface area contributed by atoms with Gasteiger partial charge in [-0.15, -0.1) is 11.3 Å². The summed E-state index contributed by atoms with van der Waals surface area (Å²) in [4.78, 5) is 4.74. The average molecular weight is 304 g/mol. The normalized spacial score (nSPS) is 11.7. The van der Waals surface area contributed by atoms with Crippen LogP contribution in [-0.4, -0.2) is 4.98 Å². The molecule has 0 atom stereocenters. The topological polar surface area (TPSA) is 12.9 Å². The van der Waals surface area contributed by atoms with E-state index in [0.29, 0.717) is 10.0 Å². The number of nitrogens with zero attached hydrogens (tertiary/aromatic N) is 1. The molecule has 4 aromatic rings. The minimum atomic E-state index is 0.646. The van der Waals surface area contributed by atoms with Crippen LogP contribution < -0.4 is 0 Å². The largest absolute Gasteiger partial charge is 0.246 e. The maximum Gasteiger partial charge on any atom is 0.0897 e. The fourth-order valence-corrected chi connectivity index (χ4v) is 4.01. The predicted octanol–water partition coefficient (Wildman–Crippen LogP) is 5.91. The van der Waals surface area contributed by atoms with Gasteiger partial charge in [-0.25, -0.2) is 4.98 Å². The van der Waals surface area contributed by atoms with Crippen LogP contribution in [-0.2, 0) is 0 Å². The molecule has 0 aliphatic carbocycles. The van der Waals surface area contributed by atoms with E-state index in [1.165, 1.54) is 0 Å². The minimum Gasteiger partial charge on any atom is -0.246 e. The molecule has 4 rings (SSSR count). The van der Waals surface area contributed by atoms with E-state index in [1.54, 1.807) is 17.4 Å². The van der Waals surface area contributed by atoms with Crippen molar-refractivity contribution in [2.45, 2.75) is 0 Å². The first kappa shape index (κ1) is 11.5. The molecule has 0 amide bonds. The van der Waals surface area contributed by atoms with Crippen molar-refractivity contribution in [1.82, 2.24) is 4.98 Å². The first-order chi connectivity index (χ1) is 9.22. The van der Waals surface area contributed by atoms with Crippen molar-refractivity contribution in [3.63, 3.8) is 0 Å². The summed E-state index contributed by atoms with van der Waals surface area (Å²) >= 11 is 14.0. The van der Waals surface area contributed by atoms with Crippen molar-refractivity contribution >= 4 is 65.7 Å². The summed E-state index contributed by atoms with van der Waals surface area (Å²) in [7, 11) is 0. The molecular weight excluding hydrogens is 297 g/mol. The molecule has 0 aliphatic rings. The molecular formula is C15H7Cl2NS. The van der Waals surface area contributed by atoms with Crippen molar-refractivity contribution in [2.24, 2.45) is 0 Å². The third-order valence-corrected chi connectivity index (χ3v) is 4.97. The summed E-state index contributed by atoms with van der Waals surface area (Å²) in [5.41, 5.74) is 1.97. The third kappa shape index (κ3) is 1.71. The highest BCUT2D eigenvalue weighted by Crippen LogP contribution is 2.39. The van der Waals surface area contributed by atoms with E-state index in [1.807, 2.05) is 24.3 Å². The molecule has 92 valence electrons. The molecule has 0 unspecified atom stereocenters. The van der Waals surface area contributed by atoms with E-state index in [9.17, 15) is 0 Å². The molecule has 0 spiro atoms. The Kier molecular flexibility index (Phi) is 2.46. The number of fused-ring (bicyclic) bond motifs is 4. The van der Waals surface area contributed by atoms with Gasteiger partial charge in [0.1, 0.15) is 0 Å². The van der Waals surface area contributed by atoms with Crippen LogP contribution in [0, 0.1) is 0 Å². The lowest BCUT2D eigenvalue weighted by Crippen LogP contribution is -1.78. The van der Waals surface area contributed by atoms with E-state index in [4.69, 9.17) is 28.2 Å². The quantitative estimate of drug-likeness (QED) is 0.393. The number of thiophene rings is 1. The monoisotopic (exact) mass is 303 g/mol. The second kappa shape index (κ2) is 4.07. The highest BCUT2D eigenvalue weighted by atomic mass is 35.5. The number of pyridine rings is 1. The Morgan fingerprint density at radius 2 is 1.84 bits per heavy atom. The SMILES string of the molecule is Clc1cc(Cl)c2sc3cc4ccccc4nc3c2c1. The Morgan fingerprint density at radius 3 is 2.74 bits per heavy atom. The van der Waals surface area contributed by atoms with Gasteiger partial charge in [0, 0.05) is 15.8 Å². The lowest BCUT2D eigenvalue weighted by Gasteiger charge is -1.98. The van der Waals surface area contributed by atoms with Crippen molar-refractivity contribution < 1.29 is 0 Å². The summed E-state index contributed by atoms with van der Waals surface area (Å²) in [6.45, 7) is 0. The highest BCUT2D eigenvalue weighted by Gasteiger charge is 2.11. The molecule has 19 heavy (non-hydrogen) atoms. The fourth-order valence-electron chi connectivity index (χ4n) is 2.32. The van der Waals surface area contributed by atoms with Crippen LogP contribution >= 0.6 is 34.5 Å². The Balaban J connectivity index is 2.26. The molecule has 0 saturated heterocycles. The van der Waals surface area contributed by atoms with Gasteiger partial charge in [-0.3, -0.25) is 0 Å². The van der Waals surface area contributed by atoms with Crippen molar-refractivity contribution in [1.29, 1.82) is 0 Å². The van der Waals surface area contributed by atoms with E-state index in [0.717, 1.165) is 31.2 Å². The van der Waals surface area contributed by atoms with Crippen LogP contribution in [0.2, 0.25) is 10.0 Å². The first-order valence-corrected chi connectivity index (χ1v) is 7.37. The third-order valence-electron chi connectivity index (χ3n) is 3.16. The Hall–Kier alpha value is -1.35. The Labute approximate surface area is 123 Å². The second-order valence-electron chi connectivity index (χ2n) is 4.39. The molecule has 0 bridgehead atoms. The lowest BCUT2D eigenvalue weighted by atomic mass is 10.2. The van der Waals surface area contributed by atoms with Crippen molar-refractivity contribution in [2.75, 3.05) is 0 Å². The summed E-state index contributed by atoms with van der Waals surface area (Å²) in [5, 5.41) is 3.51. The van der Waals surface area contributed by atoms with Crippen molar-refractivity contribution in [3.05, 3.63) is 52.5 Å². The van der Waals surface area contributed by atoms with Crippen molar-refractivity contribution in [3.8, 4) is 0 Å². The summed E-state index contributed by atoms with van der Waals surface area (Å²) in [6.07, 6.45) is 0. The highest BCUT2D eigenvalue weighted by molar-refractivity contribution is 7.26. The van der Waals surface area contributed by atoms with Gasteiger partial charge in [0.2, 0.25) is 0 Å². The van der Waals surface area contributed by atoms with Crippen LogP contribution in [0.3, 0.4) is 0 Å². The van der Waals surface area contributed by atoms with Gasteiger partial charge in [0.15, 0.2) is 0 Å². The summed E-state index contributed by atoms with van der Waals surface area (Å²) in [5.74, 6) is 0. The molecule has 0 saturated carbocycles. The van der Waals surface area contributed by atoms with Gasteiger partial charge in [-0.1, -0.05) is 41.4 Å². The molecule has 1 nitrogen and oxygen atoms in total. The van der Waals surface area contributed by atoms with Crippen LogP contribution in [0.1, 0.15) is 0 Å². The molecule has 0 radical (unpaired) electrons. The smallest absolute Gasteiger partial charge is 0.0897 e. The zero-order valence-corrected chi connectivity index (χ0v) is 12.0. The van der Waals surface area contributed by atoms with E-state index < -0.39 is 0 Å². The molecule has 4 heteroatoms. The van der Waals surface area contributed by atoms with Gasteiger partial charge < -0.3 is 0 Å². The number of benzene rings is 2. The maximum absolute atomic E-state index is 6.26. The number of rotatable bonds is 0. The molecule has 2 heterocycles. The van der Waals surface area contributed by atoms with Gasteiger partial charge in [0.05, 0.1) is 25.5 Å². The van der Waals surface area contributed by atoms with Crippen LogP contribution in [0.5, 0.6) is 0 Å². The van der Waals surface area contributed by atoms with Crippen LogP contribution in [0.4, 0.5) is 0 Å². The van der Waals surface area contributed by atoms with E-state index >= 15 is 0 Å². The Bertz CT molecular complexity index is 943. The fraction of sp³-hybridized carbons (Fsp3) is 0. The molecule has 0 fully saturated rings. The Morgan fingerprint density at radius 1 is 1.00 bits per heavy atom. The van der Waals surface area contributed by atoms with Crippen LogP contribution in [0.25, 0.3) is 31.2 Å². The number of hydrogen-bond donors (Lipinski definition) is 0. The van der Waals surface area contributed by atoms with Gasteiger partial charge in [-0.05, 0) is 24.3 Å². The zero-order chi connectivity index (χ0) is 13.0. The number of hydrogen-bond acceptors (Lipinski definition) is 2. The molecule has 0 N–H and O–H groups in total. The molecule has 2 aromatic heterocycles. The minimum absolute atomic E-state index is 0.646. The summed E-state index contributed by atoms with van der Waals surface area (Å²) < 4.78 is 2.18. The van der Waals surface area contributed by atoms with Crippen LogP contribution in [0.15, 0.2) is 42.5 Å². The summed E-state index contributed by atoms with van der Waals surface area (Å²) in [6, 6.07) is 14.0. The van der Waals surface area contributed by atoms with Gasteiger partial charge >= 0.3 is 0 Å². The standard InChI is InChI=1S/C15H7Cl2NS/c16-9-6-10-14-13(19-15(10)11(17)7-9)5-8-3-1-2-4-12(8)18-14/h1-7H. The maximum atomic E-state index is 6.26.